The van der Waals surface area contributed by atoms with E-state index in [1.165, 1.54) is 0 Å². The van der Waals surface area contributed by atoms with Gasteiger partial charge < -0.3 is 20.4 Å². The van der Waals surface area contributed by atoms with Gasteiger partial charge in [-0.05, 0) is 68.3 Å². The summed E-state index contributed by atoms with van der Waals surface area (Å²) in [5.41, 5.74) is 0.843. The summed E-state index contributed by atoms with van der Waals surface area (Å²) in [5, 5.41) is 36.7. The van der Waals surface area contributed by atoms with Crippen molar-refractivity contribution in [2.75, 3.05) is 13.2 Å². The number of nitrogens with zero attached hydrogens (tertiary/aromatic N) is 2. The first-order valence-electron chi connectivity index (χ1n) is 9.89. The summed E-state index contributed by atoms with van der Waals surface area (Å²) < 4.78 is 0. The van der Waals surface area contributed by atoms with Crippen LogP contribution in [0.1, 0.15) is 13.8 Å². The fourth-order valence-electron chi connectivity index (χ4n) is 2.58. The minimum Gasteiger partial charge on any atom is -0.593 e. The fraction of sp³-hybridized carbons (Fsp3) is 0.167. The summed E-state index contributed by atoms with van der Waals surface area (Å²) in [6.45, 7) is 4.58. The average Bonchev–Trinajstić information content (AvgIpc) is 2.80. The van der Waals surface area contributed by atoms with Crippen LogP contribution in [0.5, 0.6) is 11.5 Å². The number of nitroso groups, excluding NO2 is 2. The molecule has 4 rings (SSSR count). The molecule has 0 saturated carbocycles. The molecule has 8 N–H and O–H groups in total. The Kier molecular flexibility index (Phi) is 14.9. The molecule has 0 aliphatic carbocycles. The van der Waals surface area contributed by atoms with E-state index in [-0.39, 0.29) is 21.7 Å². The standard InChI is InChI=1S/2C10H7NO2.2C2H6O.Ti/c2*12-10-4-2-7-5-9(11-13)3-1-8(7)6-10;2*1-2-3;/h2*1-6,12H;2*3H,2H2,1H3;/p+4. The van der Waals surface area contributed by atoms with E-state index < -0.39 is 0 Å². The van der Waals surface area contributed by atoms with Crippen molar-refractivity contribution in [1.29, 1.82) is 0 Å². The van der Waals surface area contributed by atoms with Crippen LogP contribution in [0.4, 0.5) is 11.4 Å². The molecule has 0 atom stereocenters. The Morgan fingerprint density at radius 3 is 1.15 bits per heavy atom. The van der Waals surface area contributed by atoms with Crippen LogP contribution in [0.2, 0.25) is 0 Å². The quantitative estimate of drug-likeness (QED) is 0.225. The molecule has 0 radical (unpaired) electrons. The molecule has 0 saturated heterocycles. The van der Waals surface area contributed by atoms with E-state index in [1.54, 1.807) is 74.5 Å². The molecule has 9 heteroatoms. The van der Waals surface area contributed by atoms with Crippen molar-refractivity contribution in [2.24, 2.45) is 10.4 Å². The summed E-state index contributed by atoms with van der Waals surface area (Å²) in [7, 11) is 0. The van der Waals surface area contributed by atoms with Gasteiger partial charge in [-0.3, -0.25) is 0 Å². The number of hydrogen-bond acceptors (Lipinski definition) is 4. The molecular formula is C24H30N2O6Ti+4. The van der Waals surface area contributed by atoms with Crippen molar-refractivity contribution in [3.05, 3.63) is 82.6 Å². The normalized spacial score (nSPS) is 9.09. The third-order valence-corrected chi connectivity index (χ3v) is 3.86. The first-order valence-corrected chi connectivity index (χ1v) is 9.89. The molecule has 0 fully saturated rings. The fourth-order valence-corrected chi connectivity index (χ4v) is 2.58. The Bertz CT molecular complexity index is 1060. The summed E-state index contributed by atoms with van der Waals surface area (Å²) >= 11 is 0. The number of fused-ring (bicyclic) bond motifs is 2. The Morgan fingerprint density at radius 1 is 0.576 bits per heavy atom. The molecule has 0 bridgehead atoms. The number of benzene rings is 4. The Balaban J connectivity index is 0.000000491. The van der Waals surface area contributed by atoms with Gasteiger partial charge in [-0.15, -0.1) is 9.81 Å². The topological polar surface area (TPSA) is 150 Å². The van der Waals surface area contributed by atoms with E-state index >= 15 is 0 Å². The smallest absolute Gasteiger partial charge is 0.254 e. The summed E-state index contributed by atoms with van der Waals surface area (Å²) in [5.74, 6) is 0.943. The first kappa shape index (κ1) is 29.8. The predicted octanol–water partition coefficient (Wildman–Crippen LogP) is 4.81. The second-order valence-corrected chi connectivity index (χ2v) is 6.38. The maximum absolute atomic E-state index is 10.2. The molecular weight excluding hydrogens is 460 g/mol. The van der Waals surface area contributed by atoms with Crippen molar-refractivity contribution >= 4 is 32.9 Å². The second-order valence-electron chi connectivity index (χ2n) is 6.38. The minimum absolute atomic E-state index is 0. The van der Waals surface area contributed by atoms with E-state index in [9.17, 15) is 9.81 Å². The van der Waals surface area contributed by atoms with E-state index in [4.69, 9.17) is 20.4 Å². The summed E-state index contributed by atoms with van der Waals surface area (Å²) in [6.07, 6.45) is 0. The van der Waals surface area contributed by atoms with E-state index in [0.717, 1.165) is 21.5 Å². The van der Waals surface area contributed by atoms with Crippen LogP contribution in [0.25, 0.3) is 21.5 Å². The van der Waals surface area contributed by atoms with Crippen LogP contribution < -0.4 is 0 Å². The third-order valence-electron chi connectivity index (χ3n) is 3.86. The molecule has 8 nitrogen and oxygen atoms in total. The molecule has 4 aromatic carbocycles. The van der Waals surface area contributed by atoms with Gasteiger partial charge in [0.2, 0.25) is 0 Å². The van der Waals surface area contributed by atoms with Crippen molar-refractivity contribution < 1.29 is 42.1 Å². The van der Waals surface area contributed by atoms with Crippen LogP contribution in [0, 0.1) is 9.81 Å². The van der Waals surface area contributed by atoms with Crippen LogP contribution in [-0.4, -0.2) is 33.6 Å². The molecule has 0 heterocycles. The third kappa shape index (κ3) is 10.3. The zero-order chi connectivity index (χ0) is 23.9. The maximum atomic E-state index is 10.2. The van der Waals surface area contributed by atoms with Gasteiger partial charge in [0.1, 0.15) is 24.6 Å². The van der Waals surface area contributed by atoms with Crippen molar-refractivity contribution in [1.82, 2.24) is 0 Å². The van der Waals surface area contributed by atoms with Gasteiger partial charge in [0, 0.05) is 59.8 Å². The van der Waals surface area contributed by atoms with E-state index in [2.05, 4.69) is 10.4 Å². The monoisotopic (exact) mass is 490 g/mol. The van der Waals surface area contributed by atoms with Gasteiger partial charge >= 0.3 is 0 Å². The van der Waals surface area contributed by atoms with Crippen LogP contribution >= 0.6 is 0 Å². The second kappa shape index (κ2) is 16.5. The number of rotatable bonds is 2. The molecule has 4 aromatic rings. The zero-order valence-electron chi connectivity index (χ0n) is 18.6. The molecule has 0 spiro atoms. The van der Waals surface area contributed by atoms with Gasteiger partial charge in [-0.25, -0.2) is 0 Å². The molecule has 0 unspecified atom stereocenters. The van der Waals surface area contributed by atoms with Crippen LogP contribution in [0.15, 0.2) is 83.2 Å². The number of hydrogen-bond donors (Lipinski definition) is 0. The van der Waals surface area contributed by atoms with Gasteiger partial charge in [0.05, 0.1) is 0 Å². The van der Waals surface area contributed by atoms with E-state index in [0.29, 0.717) is 36.1 Å². The Hall–Kier alpha value is -3.17. The minimum atomic E-state index is 0. The molecule has 33 heavy (non-hydrogen) atoms. The largest absolute Gasteiger partial charge is 0.593 e. The van der Waals surface area contributed by atoms with Gasteiger partial charge in [-0.1, -0.05) is 12.1 Å². The SMILES string of the molecule is CC[OH2+].CC[OH2+].O=Nc1ccc2cc([OH2+])ccc2c1.O=Nc1ccc2cc([OH2+])ccc2c1.[Ti]. The van der Waals surface area contributed by atoms with E-state index in [1.807, 2.05) is 12.1 Å². The van der Waals surface area contributed by atoms with Crippen molar-refractivity contribution in [2.45, 2.75) is 13.8 Å². The Morgan fingerprint density at radius 2 is 0.848 bits per heavy atom. The summed E-state index contributed by atoms with van der Waals surface area (Å²) in [6, 6.07) is 20.8. The summed E-state index contributed by atoms with van der Waals surface area (Å²) in [4.78, 5) is 20.5. The maximum Gasteiger partial charge on any atom is 0.254 e. The molecule has 172 valence electrons. The molecule has 0 aliphatic rings. The van der Waals surface area contributed by atoms with Crippen LogP contribution in [0.3, 0.4) is 0 Å². The van der Waals surface area contributed by atoms with Gasteiger partial charge in [0.15, 0.2) is 0 Å². The molecule has 0 amide bonds. The Labute approximate surface area is 206 Å². The van der Waals surface area contributed by atoms with Gasteiger partial charge in [0.25, 0.3) is 11.5 Å². The van der Waals surface area contributed by atoms with Crippen LogP contribution in [-0.2, 0) is 21.7 Å². The molecule has 0 aliphatic heterocycles. The molecule has 0 aromatic heterocycles. The average molecular weight is 490 g/mol. The first-order chi connectivity index (χ1) is 15.4. The van der Waals surface area contributed by atoms with Crippen molar-refractivity contribution in [3.63, 3.8) is 0 Å². The van der Waals surface area contributed by atoms with Crippen molar-refractivity contribution in [3.8, 4) is 11.5 Å². The predicted molar refractivity (Wildman–Crippen MR) is 133 cm³/mol. The zero-order valence-corrected chi connectivity index (χ0v) is 20.1. The van der Waals surface area contributed by atoms with Gasteiger partial charge in [-0.2, -0.15) is 0 Å².